The van der Waals surface area contributed by atoms with Crippen LogP contribution in [0.3, 0.4) is 0 Å². The molecule has 9 heteroatoms. The summed E-state index contributed by atoms with van der Waals surface area (Å²) in [5, 5.41) is 4.84. The Morgan fingerprint density at radius 3 is 2.56 bits per heavy atom. The number of anilines is 1. The first kappa shape index (κ1) is 22.2. The van der Waals surface area contributed by atoms with Gasteiger partial charge in [-0.2, -0.15) is 13.9 Å². The number of hydrogen-bond acceptors (Lipinski definition) is 6. The number of nitrogens with zero attached hydrogens (tertiary/aromatic N) is 5. The molecule has 0 radical (unpaired) electrons. The molecule has 2 aromatic rings. The summed E-state index contributed by atoms with van der Waals surface area (Å²) < 4.78 is 32.2. The van der Waals surface area contributed by atoms with E-state index in [4.69, 9.17) is 10.8 Å². The average Bonchev–Trinajstić information content (AvgIpc) is 3.27. The zero-order valence-corrected chi connectivity index (χ0v) is 19.9. The number of hydrogen-bond donors (Lipinski definition) is 1. The Kier molecular flexibility index (Phi) is 5.52. The van der Waals surface area contributed by atoms with Gasteiger partial charge in [-0.15, -0.1) is 0 Å². The molecule has 2 aliphatic carbocycles. The Labute approximate surface area is 199 Å². The number of ether oxygens (including phenoxy) is 1. The predicted molar refractivity (Wildman–Crippen MR) is 126 cm³/mol. The van der Waals surface area contributed by atoms with Crippen LogP contribution in [0.2, 0.25) is 0 Å². The zero-order valence-electron chi connectivity index (χ0n) is 19.9. The summed E-state index contributed by atoms with van der Waals surface area (Å²) in [5.74, 6) is 1.81. The second-order valence-corrected chi connectivity index (χ2v) is 10.8. The predicted octanol–water partition coefficient (Wildman–Crippen LogP) is 3.98. The van der Waals surface area contributed by atoms with Crippen LogP contribution in [0.15, 0.2) is 18.3 Å². The van der Waals surface area contributed by atoms with Gasteiger partial charge >= 0.3 is 6.61 Å². The van der Waals surface area contributed by atoms with Crippen molar-refractivity contribution in [3.05, 3.63) is 24.0 Å². The van der Waals surface area contributed by atoms with Gasteiger partial charge in [0, 0.05) is 61.1 Å². The summed E-state index contributed by atoms with van der Waals surface area (Å²) in [7, 11) is 0. The Balaban J connectivity index is 1.18. The van der Waals surface area contributed by atoms with Crippen LogP contribution in [0, 0.1) is 11.8 Å². The fraction of sp³-hybridized carbons (Fsp3) is 0.680. The molecule has 2 aromatic heterocycles. The lowest BCUT2D eigenvalue weighted by molar-refractivity contribution is -0.0494. The van der Waals surface area contributed by atoms with Crippen LogP contribution in [-0.2, 0) is 0 Å². The van der Waals surface area contributed by atoms with E-state index < -0.39 is 6.61 Å². The molecule has 4 aliphatic rings. The fourth-order valence-electron chi connectivity index (χ4n) is 6.89. The number of piperazine rings is 1. The lowest BCUT2D eigenvalue weighted by atomic mass is 10.0. The van der Waals surface area contributed by atoms with Gasteiger partial charge in [0.2, 0.25) is 0 Å². The first-order valence-corrected chi connectivity index (χ1v) is 12.7. The number of halogens is 2. The summed E-state index contributed by atoms with van der Waals surface area (Å²) in [5.41, 5.74) is 8.35. The highest BCUT2D eigenvalue weighted by molar-refractivity contribution is 5.64. The van der Waals surface area contributed by atoms with Crippen molar-refractivity contribution in [1.82, 2.24) is 24.6 Å². The van der Waals surface area contributed by atoms with Gasteiger partial charge in [-0.3, -0.25) is 14.5 Å². The summed E-state index contributed by atoms with van der Waals surface area (Å²) in [4.78, 5) is 9.51. The van der Waals surface area contributed by atoms with Crippen molar-refractivity contribution in [1.29, 1.82) is 0 Å². The van der Waals surface area contributed by atoms with Crippen LogP contribution in [0.5, 0.6) is 5.75 Å². The van der Waals surface area contributed by atoms with Gasteiger partial charge in [-0.1, -0.05) is 0 Å². The van der Waals surface area contributed by atoms with E-state index in [-0.39, 0.29) is 17.6 Å². The number of nitrogen functional groups attached to an aromatic ring is 1. The third-order valence-corrected chi connectivity index (χ3v) is 8.54. The average molecular weight is 473 g/mol. The van der Waals surface area contributed by atoms with Gasteiger partial charge in [0.15, 0.2) is 11.6 Å². The van der Waals surface area contributed by atoms with Crippen molar-refractivity contribution in [2.24, 2.45) is 11.8 Å². The van der Waals surface area contributed by atoms with Crippen LogP contribution in [0.4, 0.5) is 14.6 Å². The van der Waals surface area contributed by atoms with E-state index in [0.29, 0.717) is 11.5 Å². The van der Waals surface area contributed by atoms with E-state index in [9.17, 15) is 8.78 Å². The van der Waals surface area contributed by atoms with Gasteiger partial charge in [-0.05, 0) is 70.0 Å². The highest BCUT2D eigenvalue weighted by Crippen LogP contribution is 2.64. The highest BCUT2D eigenvalue weighted by Gasteiger charge is 2.59. The van der Waals surface area contributed by atoms with Gasteiger partial charge in [0.1, 0.15) is 0 Å². The number of nitrogens with two attached hydrogens (primary N) is 1. The standard InChI is InChI=1S/C25H34F2N6O/c1-14(2)33-21(11-20(30-33)15-8-22(34-25(26)27)24(28)29-12-15)23-18-9-17(10-19(18)23)32-7-6-31-5-3-4-16(31)13-32/h8,11-12,14,16-19,23,25H,3-7,9-10,13H2,1-2H3,(H2,28,29)/t16?,17-,18+,19-,23-. The molecule has 34 heavy (non-hydrogen) atoms. The van der Waals surface area contributed by atoms with Gasteiger partial charge < -0.3 is 10.5 Å². The smallest absolute Gasteiger partial charge is 0.387 e. The highest BCUT2D eigenvalue weighted by atomic mass is 19.3. The number of alkyl halides is 2. The molecule has 2 saturated carbocycles. The molecule has 0 amide bonds. The van der Waals surface area contributed by atoms with E-state index >= 15 is 0 Å². The minimum Gasteiger partial charge on any atom is -0.431 e. The van der Waals surface area contributed by atoms with Gasteiger partial charge in [-0.25, -0.2) is 4.98 Å². The molecule has 4 fully saturated rings. The quantitative estimate of drug-likeness (QED) is 0.686. The number of pyridine rings is 1. The van der Waals surface area contributed by atoms with E-state index in [1.165, 1.54) is 63.6 Å². The molecule has 5 atom stereocenters. The molecule has 0 spiro atoms. The zero-order chi connectivity index (χ0) is 23.6. The normalized spacial score (nSPS) is 31.3. The topological polar surface area (TPSA) is 72.4 Å². The van der Waals surface area contributed by atoms with Crippen LogP contribution < -0.4 is 10.5 Å². The summed E-state index contributed by atoms with van der Waals surface area (Å²) in [6.07, 6.45) is 6.85. The maximum Gasteiger partial charge on any atom is 0.387 e. The molecule has 1 unspecified atom stereocenters. The van der Waals surface area contributed by atoms with Crippen molar-refractivity contribution in [2.45, 2.75) is 70.2 Å². The minimum absolute atomic E-state index is 0.0474. The maximum atomic E-state index is 12.8. The molecule has 2 N–H and O–H groups in total. The minimum atomic E-state index is -2.95. The third kappa shape index (κ3) is 3.86. The maximum absolute atomic E-state index is 12.8. The lowest BCUT2D eigenvalue weighted by Gasteiger charge is -2.41. The molecule has 0 bridgehead atoms. The summed E-state index contributed by atoms with van der Waals surface area (Å²) in [6, 6.07) is 5.35. The molecule has 2 saturated heterocycles. The first-order chi connectivity index (χ1) is 16.4. The van der Waals surface area contributed by atoms with Crippen molar-refractivity contribution in [2.75, 3.05) is 31.9 Å². The first-order valence-electron chi connectivity index (χ1n) is 12.7. The second-order valence-electron chi connectivity index (χ2n) is 10.8. The molecule has 184 valence electrons. The molecular weight excluding hydrogens is 438 g/mol. The number of fused-ring (bicyclic) bond motifs is 2. The Morgan fingerprint density at radius 1 is 1.06 bits per heavy atom. The van der Waals surface area contributed by atoms with Crippen molar-refractivity contribution in [3.63, 3.8) is 0 Å². The molecule has 4 heterocycles. The third-order valence-electron chi connectivity index (χ3n) is 8.54. The molecule has 7 nitrogen and oxygen atoms in total. The van der Waals surface area contributed by atoms with Crippen LogP contribution >= 0.6 is 0 Å². The van der Waals surface area contributed by atoms with Crippen molar-refractivity contribution >= 4 is 5.82 Å². The summed E-state index contributed by atoms with van der Waals surface area (Å²) in [6.45, 7) is 6.30. The van der Waals surface area contributed by atoms with Crippen LogP contribution in [0.1, 0.15) is 57.2 Å². The lowest BCUT2D eigenvalue weighted by Crippen LogP contribution is -2.53. The fourth-order valence-corrected chi connectivity index (χ4v) is 6.89. The number of rotatable bonds is 6. The number of aromatic nitrogens is 3. The Bertz CT molecular complexity index is 1050. The van der Waals surface area contributed by atoms with Crippen LogP contribution in [-0.4, -0.2) is 69.4 Å². The molecule has 0 aromatic carbocycles. The van der Waals surface area contributed by atoms with E-state index in [0.717, 1.165) is 29.6 Å². The Hall–Kier alpha value is -2.26. The van der Waals surface area contributed by atoms with Crippen molar-refractivity contribution in [3.8, 4) is 17.0 Å². The largest absolute Gasteiger partial charge is 0.431 e. The van der Waals surface area contributed by atoms with Crippen LogP contribution in [0.25, 0.3) is 11.3 Å². The monoisotopic (exact) mass is 472 g/mol. The Morgan fingerprint density at radius 2 is 1.82 bits per heavy atom. The molecule has 6 rings (SSSR count). The van der Waals surface area contributed by atoms with Crippen molar-refractivity contribution < 1.29 is 13.5 Å². The SMILES string of the molecule is CC(C)n1nc(-c2cnc(N)c(OC(F)F)c2)cc1[C@H]1[C@@H]2C[C@H](N3CCN4CCCC4C3)C[C@@H]21. The van der Waals surface area contributed by atoms with E-state index in [1.54, 1.807) is 6.20 Å². The molecular formula is C25H34F2N6O. The van der Waals surface area contributed by atoms with Gasteiger partial charge in [0.05, 0.1) is 5.69 Å². The van der Waals surface area contributed by atoms with E-state index in [1.807, 2.05) is 0 Å². The van der Waals surface area contributed by atoms with Gasteiger partial charge in [0.25, 0.3) is 0 Å². The van der Waals surface area contributed by atoms with E-state index in [2.05, 4.69) is 44.1 Å². The second kappa shape index (κ2) is 8.45. The molecule has 2 aliphatic heterocycles. The summed E-state index contributed by atoms with van der Waals surface area (Å²) >= 11 is 0.